The Labute approximate surface area is 194 Å². The Morgan fingerprint density at radius 1 is 1.03 bits per heavy atom. The molecule has 0 fully saturated rings. The van der Waals surface area contributed by atoms with Gasteiger partial charge < -0.3 is 19.5 Å². The highest BCUT2D eigenvalue weighted by atomic mass is 32.2. The van der Waals surface area contributed by atoms with Gasteiger partial charge in [-0.15, -0.1) is 0 Å². The number of methoxy groups -OCH3 is 1. The molecule has 0 bridgehead atoms. The number of benzene rings is 3. The molecule has 0 atom stereocenters. The fraction of sp³-hybridized carbons (Fsp3) is 0.136. The summed E-state index contributed by atoms with van der Waals surface area (Å²) in [6.45, 7) is 0.822. The van der Waals surface area contributed by atoms with E-state index in [2.05, 4.69) is 10.0 Å². The maximum Gasteiger partial charge on any atom is 0.312 e. The number of carbonyl (C=O) groups excluding carboxylic acids is 1. The van der Waals surface area contributed by atoms with Crippen molar-refractivity contribution >= 4 is 33.0 Å². The minimum atomic E-state index is -4.26. The lowest BCUT2D eigenvalue weighted by Gasteiger charge is -2.19. The zero-order valence-electron chi connectivity index (χ0n) is 17.8. The van der Waals surface area contributed by atoms with Crippen molar-refractivity contribution in [3.8, 4) is 17.2 Å². The van der Waals surface area contributed by atoms with Crippen molar-refractivity contribution in [1.82, 2.24) is 0 Å². The minimum absolute atomic E-state index is 0.00369. The largest absolute Gasteiger partial charge is 0.490 e. The molecule has 12 heteroatoms. The lowest BCUT2D eigenvalue weighted by atomic mass is 10.1. The number of carbonyl (C=O) groups is 1. The molecule has 3 aromatic rings. The van der Waals surface area contributed by atoms with E-state index in [1.807, 2.05) is 0 Å². The number of nitrogens with zero attached hydrogens (tertiary/aromatic N) is 1. The minimum Gasteiger partial charge on any atom is -0.490 e. The van der Waals surface area contributed by atoms with Gasteiger partial charge in [-0.25, -0.2) is 8.42 Å². The van der Waals surface area contributed by atoms with Gasteiger partial charge in [0.05, 0.1) is 28.2 Å². The van der Waals surface area contributed by atoms with Gasteiger partial charge in [-0.3, -0.25) is 19.6 Å². The van der Waals surface area contributed by atoms with Crippen molar-refractivity contribution in [2.75, 3.05) is 30.4 Å². The molecule has 0 unspecified atom stereocenters. The summed E-state index contributed by atoms with van der Waals surface area (Å²) >= 11 is 0. The van der Waals surface area contributed by atoms with E-state index in [1.54, 1.807) is 30.3 Å². The van der Waals surface area contributed by atoms with Crippen LogP contribution in [0.3, 0.4) is 0 Å². The van der Waals surface area contributed by atoms with Crippen LogP contribution in [0.2, 0.25) is 0 Å². The monoisotopic (exact) mass is 485 g/mol. The molecule has 1 aliphatic heterocycles. The van der Waals surface area contributed by atoms with Gasteiger partial charge in [-0.05, 0) is 36.4 Å². The van der Waals surface area contributed by atoms with E-state index in [0.29, 0.717) is 30.4 Å². The van der Waals surface area contributed by atoms with E-state index in [9.17, 15) is 23.3 Å². The highest BCUT2D eigenvalue weighted by Crippen LogP contribution is 2.33. The SMILES string of the molecule is COc1ccc(S(=O)(=O)Nc2ccccc2C(=O)Nc2ccc3c(c2)OCCO3)cc1[N+](=O)[O-]. The number of anilines is 2. The number of hydrogen-bond acceptors (Lipinski definition) is 8. The Kier molecular flexibility index (Phi) is 6.23. The molecular weight excluding hydrogens is 466 g/mol. The highest BCUT2D eigenvalue weighted by Gasteiger charge is 2.24. The summed E-state index contributed by atoms with van der Waals surface area (Å²) in [4.78, 5) is 23.1. The van der Waals surface area contributed by atoms with Crippen LogP contribution < -0.4 is 24.2 Å². The molecule has 4 rings (SSSR count). The molecule has 176 valence electrons. The molecule has 2 N–H and O–H groups in total. The number of hydrogen-bond donors (Lipinski definition) is 2. The molecule has 0 spiro atoms. The van der Waals surface area contributed by atoms with E-state index in [1.165, 1.54) is 31.4 Å². The molecule has 34 heavy (non-hydrogen) atoms. The van der Waals surface area contributed by atoms with Crippen molar-refractivity contribution in [2.24, 2.45) is 0 Å². The van der Waals surface area contributed by atoms with Crippen LogP contribution in [0.25, 0.3) is 0 Å². The summed E-state index contributed by atoms with van der Waals surface area (Å²) in [7, 11) is -3.02. The molecule has 0 aromatic heterocycles. The summed E-state index contributed by atoms with van der Waals surface area (Å²) in [5, 5.41) is 14.0. The number of nitro groups is 1. The standard InChI is InChI=1S/C22H19N3O8S/c1-31-19-9-7-15(13-18(19)25(27)28)34(29,30)24-17-5-3-2-4-16(17)22(26)23-14-6-8-20-21(12-14)33-11-10-32-20/h2-9,12-13,24H,10-11H2,1H3,(H,23,26). The zero-order valence-corrected chi connectivity index (χ0v) is 18.6. The second-order valence-electron chi connectivity index (χ2n) is 7.05. The highest BCUT2D eigenvalue weighted by molar-refractivity contribution is 7.92. The Hall–Kier alpha value is -4.32. The normalized spacial score (nSPS) is 12.5. The van der Waals surface area contributed by atoms with Gasteiger partial charge in [0, 0.05) is 17.8 Å². The fourth-order valence-corrected chi connectivity index (χ4v) is 4.37. The first-order valence-electron chi connectivity index (χ1n) is 9.94. The maximum atomic E-state index is 12.9. The summed E-state index contributed by atoms with van der Waals surface area (Å²) in [5.41, 5.74) is -0.0345. The van der Waals surface area contributed by atoms with Gasteiger partial charge in [0.25, 0.3) is 15.9 Å². The predicted octanol–water partition coefficient (Wildman–Crippen LogP) is 3.43. The van der Waals surface area contributed by atoms with Crippen LogP contribution in [0.15, 0.2) is 65.6 Å². The predicted molar refractivity (Wildman–Crippen MR) is 122 cm³/mol. The van der Waals surface area contributed by atoms with E-state index in [-0.39, 0.29) is 21.9 Å². The molecule has 0 saturated carbocycles. The van der Waals surface area contributed by atoms with Crippen molar-refractivity contribution in [3.63, 3.8) is 0 Å². The lowest BCUT2D eigenvalue weighted by molar-refractivity contribution is -0.386. The van der Waals surface area contributed by atoms with Crippen LogP contribution in [0.4, 0.5) is 17.1 Å². The van der Waals surface area contributed by atoms with Crippen molar-refractivity contribution in [3.05, 3.63) is 76.3 Å². The number of sulfonamides is 1. The number of nitro benzene ring substituents is 1. The Morgan fingerprint density at radius 3 is 2.50 bits per heavy atom. The number of fused-ring (bicyclic) bond motifs is 1. The third-order valence-electron chi connectivity index (χ3n) is 4.87. The van der Waals surface area contributed by atoms with E-state index in [0.717, 1.165) is 6.07 Å². The van der Waals surface area contributed by atoms with Gasteiger partial charge in [0.2, 0.25) is 0 Å². The van der Waals surface area contributed by atoms with Gasteiger partial charge in [0.15, 0.2) is 17.2 Å². The average molecular weight is 485 g/mol. The first kappa shape index (κ1) is 22.9. The molecule has 0 saturated heterocycles. The molecule has 0 aliphatic carbocycles. The second kappa shape index (κ2) is 9.27. The topological polar surface area (TPSA) is 146 Å². The van der Waals surface area contributed by atoms with Crippen LogP contribution >= 0.6 is 0 Å². The second-order valence-corrected chi connectivity index (χ2v) is 8.74. The van der Waals surface area contributed by atoms with E-state index in [4.69, 9.17) is 14.2 Å². The van der Waals surface area contributed by atoms with E-state index >= 15 is 0 Å². The molecule has 1 heterocycles. The van der Waals surface area contributed by atoms with Crippen LogP contribution in [-0.4, -0.2) is 39.6 Å². The Bertz CT molecular complexity index is 1370. The maximum absolute atomic E-state index is 12.9. The van der Waals surface area contributed by atoms with Gasteiger partial charge >= 0.3 is 5.69 Å². The quantitative estimate of drug-likeness (QED) is 0.382. The first-order valence-corrected chi connectivity index (χ1v) is 11.4. The number of para-hydroxylation sites is 1. The number of ether oxygens (including phenoxy) is 3. The summed E-state index contributed by atoms with van der Waals surface area (Å²) in [6.07, 6.45) is 0. The molecule has 11 nitrogen and oxygen atoms in total. The number of amides is 1. The average Bonchev–Trinajstić information content (AvgIpc) is 2.83. The molecule has 0 radical (unpaired) electrons. The smallest absolute Gasteiger partial charge is 0.312 e. The Morgan fingerprint density at radius 2 is 1.76 bits per heavy atom. The third kappa shape index (κ3) is 4.71. The summed E-state index contributed by atoms with van der Waals surface area (Å²) in [6, 6.07) is 14.1. The lowest BCUT2D eigenvalue weighted by Crippen LogP contribution is -2.19. The van der Waals surface area contributed by atoms with Crippen LogP contribution in [0, 0.1) is 10.1 Å². The van der Waals surface area contributed by atoms with E-state index < -0.39 is 26.5 Å². The van der Waals surface area contributed by atoms with Crippen LogP contribution in [0.1, 0.15) is 10.4 Å². The number of rotatable bonds is 7. The van der Waals surface area contributed by atoms with Crippen molar-refractivity contribution in [2.45, 2.75) is 4.90 Å². The zero-order chi connectivity index (χ0) is 24.3. The van der Waals surface area contributed by atoms with Crippen molar-refractivity contribution in [1.29, 1.82) is 0 Å². The van der Waals surface area contributed by atoms with Crippen LogP contribution in [0.5, 0.6) is 17.2 Å². The van der Waals surface area contributed by atoms with Crippen LogP contribution in [-0.2, 0) is 10.0 Å². The van der Waals surface area contributed by atoms with Gasteiger partial charge in [-0.2, -0.15) is 0 Å². The number of nitrogens with one attached hydrogen (secondary N) is 2. The summed E-state index contributed by atoms with van der Waals surface area (Å²) in [5.74, 6) is 0.393. The third-order valence-corrected chi connectivity index (χ3v) is 6.24. The fourth-order valence-electron chi connectivity index (χ4n) is 3.27. The molecular formula is C22H19N3O8S. The molecule has 3 aromatic carbocycles. The Balaban J connectivity index is 1.59. The first-order chi connectivity index (χ1) is 16.3. The molecule has 1 aliphatic rings. The summed E-state index contributed by atoms with van der Waals surface area (Å²) < 4.78 is 44.1. The van der Waals surface area contributed by atoms with Gasteiger partial charge in [-0.1, -0.05) is 12.1 Å². The molecule has 1 amide bonds. The van der Waals surface area contributed by atoms with Gasteiger partial charge in [0.1, 0.15) is 13.2 Å². The van der Waals surface area contributed by atoms with Crippen molar-refractivity contribution < 1.29 is 32.3 Å².